The van der Waals surface area contributed by atoms with Gasteiger partial charge < -0.3 is 29.7 Å². The molecule has 3 aliphatic heterocycles. The van der Waals surface area contributed by atoms with Gasteiger partial charge in [0.25, 0.3) is 5.56 Å². The highest BCUT2D eigenvalue weighted by Gasteiger charge is 2.34. The van der Waals surface area contributed by atoms with Crippen LogP contribution in [0.15, 0.2) is 53.5 Å². The zero-order valence-corrected chi connectivity index (χ0v) is 34.2. The third-order valence-corrected chi connectivity index (χ3v) is 12.5. The highest BCUT2D eigenvalue weighted by Crippen LogP contribution is 2.28. The number of nitrogens with zero attached hydrogens (tertiary/aromatic N) is 6. The average molecular weight is 781 g/mol. The van der Waals surface area contributed by atoms with Crippen molar-refractivity contribution in [2.75, 3.05) is 59.4 Å². The summed E-state index contributed by atoms with van der Waals surface area (Å²) < 4.78 is 7.24. The highest BCUT2D eigenvalue weighted by molar-refractivity contribution is 5.88. The molecule has 3 fully saturated rings. The van der Waals surface area contributed by atoms with Crippen LogP contribution >= 0.6 is 0 Å². The molecule has 2 atom stereocenters. The number of para-hydroxylation sites is 1. The SMILES string of the molecule is CCCCC(C)C(=O)OCn1cc2cc(CC(NC(=O)N3CCC(c4cc5ccccc5[nH]c4=O)CC3)C(=O)N3CCN(C4CCN(C)CC4)CC3)cc(C)c2n1. The van der Waals surface area contributed by atoms with Gasteiger partial charge in [-0.25, -0.2) is 9.48 Å². The van der Waals surface area contributed by atoms with Gasteiger partial charge in [-0.1, -0.05) is 51.0 Å². The molecule has 3 amide bonds. The van der Waals surface area contributed by atoms with Crippen molar-refractivity contribution in [2.24, 2.45) is 5.92 Å². The molecule has 2 aromatic carbocycles. The molecule has 2 unspecified atom stereocenters. The molecule has 13 heteroatoms. The van der Waals surface area contributed by atoms with Crippen molar-refractivity contribution in [3.8, 4) is 0 Å². The van der Waals surface area contributed by atoms with Gasteiger partial charge in [-0.05, 0) is 99.8 Å². The van der Waals surface area contributed by atoms with Crippen LogP contribution in [0.4, 0.5) is 4.79 Å². The number of amides is 3. The van der Waals surface area contributed by atoms with Crippen LogP contribution in [0.25, 0.3) is 21.8 Å². The number of pyridine rings is 1. The van der Waals surface area contributed by atoms with Crippen molar-refractivity contribution in [3.63, 3.8) is 0 Å². The molecule has 2 aromatic heterocycles. The number of piperazine rings is 1. The maximum absolute atomic E-state index is 14.4. The zero-order chi connectivity index (χ0) is 40.1. The Labute approximate surface area is 335 Å². The molecule has 57 heavy (non-hydrogen) atoms. The second kappa shape index (κ2) is 18.2. The molecule has 3 aliphatic rings. The number of aromatic amines is 1. The number of aromatic nitrogens is 3. The minimum Gasteiger partial charge on any atom is -0.442 e. The lowest BCUT2D eigenvalue weighted by Gasteiger charge is -2.43. The first-order chi connectivity index (χ1) is 27.6. The standard InChI is InChI=1S/C44H60N8O5/c1-5-6-9-30(2)43(55)57-29-52-28-35-25-32(24-31(3)40(35)47-52)26-39(42(54)50-22-20-49(21-23-50)36-14-16-48(4)17-15-36)46-44(56)51-18-12-33(13-19-51)37-27-34-10-7-8-11-38(34)45-41(37)53/h7-8,10-11,24-25,27-28,30,33,36,39H,5-6,9,12-23,26,29H2,1-4H3,(H,45,53)(H,46,56). The number of H-pyrrole nitrogens is 1. The monoisotopic (exact) mass is 780 g/mol. The topological polar surface area (TPSA) is 136 Å². The quantitative estimate of drug-likeness (QED) is 0.186. The van der Waals surface area contributed by atoms with Gasteiger partial charge in [0, 0.05) is 74.4 Å². The van der Waals surface area contributed by atoms with Crippen LogP contribution in [0.1, 0.15) is 81.4 Å². The molecular formula is C44H60N8O5. The van der Waals surface area contributed by atoms with E-state index < -0.39 is 6.04 Å². The molecule has 0 saturated carbocycles. The third kappa shape index (κ3) is 9.69. The van der Waals surface area contributed by atoms with Gasteiger partial charge in [-0.2, -0.15) is 5.10 Å². The summed E-state index contributed by atoms with van der Waals surface area (Å²) >= 11 is 0. The van der Waals surface area contributed by atoms with E-state index in [1.807, 2.05) is 67.4 Å². The number of unbranched alkanes of at least 4 members (excludes halogenated alkanes) is 1. The Morgan fingerprint density at radius 3 is 2.40 bits per heavy atom. The van der Waals surface area contributed by atoms with Crippen LogP contribution in [0.5, 0.6) is 0 Å². The number of urea groups is 1. The van der Waals surface area contributed by atoms with Gasteiger partial charge >= 0.3 is 12.0 Å². The number of fused-ring (bicyclic) bond motifs is 2. The number of likely N-dealkylation sites (tertiary alicyclic amines) is 2. The number of piperidine rings is 2. The minimum atomic E-state index is -0.758. The van der Waals surface area contributed by atoms with E-state index in [1.54, 1.807) is 9.58 Å². The smallest absolute Gasteiger partial charge is 0.318 e. The number of esters is 1. The van der Waals surface area contributed by atoms with Crippen LogP contribution in [-0.4, -0.2) is 124 Å². The maximum atomic E-state index is 14.4. The van der Waals surface area contributed by atoms with E-state index in [2.05, 4.69) is 34.1 Å². The number of hydrogen-bond donors (Lipinski definition) is 2. The van der Waals surface area contributed by atoms with Crippen molar-refractivity contribution in [1.82, 2.24) is 39.7 Å². The van der Waals surface area contributed by atoms with Gasteiger partial charge in [0.15, 0.2) is 6.73 Å². The summed E-state index contributed by atoms with van der Waals surface area (Å²) in [6.45, 7) is 12.1. The van der Waals surface area contributed by atoms with Crippen molar-refractivity contribution in [2.45, 2.75) is 96.9 Å². The molecule has 13 nitrogen and oxygen atoms in total. The number of rotatable bonds is 12. The van der Waals surface area contributed by atoms with Crippen LogP contribution in [0.2, 0.25) is 0 Å². The lowest BCUT2D eigenvalue weighted by Crippen LogP contribution is -2.59. The molecule has 3 saturated heterocycles. The second-order valence-electron chi connectivity index (χ2n) is 16.7. The number of nitrogens with one attached hydrogen (secondary N) is 2. The van der Waals surface area contributed by atoms with E-state index >= 15 is 0 Å². The second-order valence-corrected chi connectivity index (χ2v) is 16.7. The van der Waals surface area contributed by atoms with E-state index in [0.717, 1.165) is 96.8 Å². The first-order valence-corrected chi connectivity index (χ1v) is 21.1. The van der Waals surface area contributed by atoms with Gasteiger partial charge in [-0.15, -0.1) is 0 Å². The average Bonchev–Trinajstić information content (AvgIpc) is 3.65. The fraction of sp³-hybridized carbons (Fsp3) is 0.568. The Morgan fingerprint density at radius 1 is 0.930 bits per heavy atom. The number of aryl methyl sites for hydroxylation is 1. The summed E-state index contributed by atoms with van der Waals surface area (Å²) in [6, 6.07) is 13.4. The molecule has 0 spiro atoms. The van der Waals surface area contributed by atoms with Crippen LogP contribution in [0.3, 0.4) is 0 Å². The highest BCUT2D eigenvalue weighted by atomic mass is 16.5. The molecule has 2 N–H and O–H groups in total. The summed E-state index contributed by atoms with van der Waals surface area (Å²) in [5.41, 5.74) is 4.17. The summed E-state index contributed by atoms with van der Waals surface area (Å²) in [6.07, 6.45) is 8.64. The maximum Gasteiger partial charge on any atom is 0.318 e. The van der Waals surface area contributed by atoms with Crippen molar-refractivity contribution in [3.05, 3.63) is 75.7 Å². The van der Waals surface area contributed by atoms with E-state index in [0.29, 0.717) is 51.5 Å². The predicted molar refractivity (Wildman–Crippen MR) is 222 cm³/mol. The summed E-state index contributed by atoms with van der Waals surface area (Å²) in [5, 5.41) is 9.75. The van der Waals surface area contributed by atoms with Crippen LogP contribution in [-0.2, 0) is 27.5 Å². The number of carbonyl (C=O) groups is 3. The number of carbonyl (C=O) groups excluding carboxylic acids is 3. The zero-order valence-electron chi connectivity index (χ0n) is 34.2. The van der Waals surface area contributed by atoms with Gasteiger partial charge in [0.05, 0.1) is 11.4 Å². The molecule has 7 rings (SSSR count). The Hall–Kier alpha value is -4.75. The first kappa shape index (κ1) is 40.4. The molecule has 306 valence electrons. The van der Waals surface area contributed by atoms with Crippen LogP contribution < -0.4 is 10.9 Å². The van der Waals surface area contributed by atoms with E-state index in [9.17, 15) is 19.2 Å². The van der Waals surface area contributed by atoms with E-state index in [1.165, 1.54) is 0 Å². The molecule has 0 radical (unpaired) electrons. The molecular weight excluding hydrogens is 721 g/mol. The van der Waals surface area contributed by atoms with E-state index in [4.69, 9.17) is 9.84 Å². The van der Waals surface area contributed by atoms with Crippen LogP contribution in [0, 0.1) is 12.8 Å². The van der Waals surface area contributed by atoms with Crippen molar-refractivity contribution >= 4 is 39.7 Å². The van der Waals surface area contributed by atoms with Crippen molar-refractivity contribution in [1.29, 1.82) is 0 Å². The minimum absolute atomic E-state index is 0.0331. The Balaban J connectivity index is 1.04. The Bertz CT molecular complexity index is 2090. The largest absolute Gasteiger partial charge is 0.442 e. The lowest BCUT2D eigenvalue weighted by molar-refractivity contribution is -0.152. The van der Waals surface area contributed by atoms with Gasteiger partial charge in [0.2, 0.25) is 5.91 Å². The number of benzene rings is 2. The summed E-state index contributed by atoms with van der Waals surface area (Å²) in [7, 11) is 2.17. The normalized spacial score (nSPS) is 18.9. The summed E-state index contributed by atoms with van der Waals surface area (Å²) in [4.78, 5) is 65.6. The number of ether oxygens (including phenoxy) is 1. The molecule has 0 bridgehead atoms. The third-order valence-electron chi connectivity index (χ3n) is 12.5. The van der Waals surface area contributed by atoms with Crippen molar-refractivity contribution < 1.29 is 19.1 Å². The fourth-order valence-corrected chi connectivity index (χ4v) is 8.95. The Morgan fingerprint density at radius 2 is 1.67 bits per heavy atom. The lowest BCUT2D eigenvalue weighted by atomic mass is 9.89. The van der Waals surface area contributed by atoms with E-state index in [-0.39, 0.29) is 42.0 Å². The fourth-order valence-electron chi connectivity index (χ4n) is 8.95. The van der Waals surface area contributed by atoms with Gasteiger partial charge in [0.1, 0.15) is 6.04 Å². The Kier molecular flexibility index (Phi) is 12.9. The van der Waals surface area contributed by atoms with Gasteiger partial charge in [-0.3, -0.25) is 19.3 Å². The number of hydrogen-bond acceptors (Lipinski definition) is 8. The molecule has 5 heterocycles. The predicted octanol–water partition coefficient (Wildman–Crippen LogP) is 5.25. The summed E-state index contributed by atoms with van der Waals surface area (Å²) in [5.74, 6) is -0.410. The first-order valence-electron chi connectivity index (χ1n) is 21.1. The molecule has 0 aliphatic carbocycles. The molecule has 4 aromatic rings.